The summed E-state index contributed by atoms with van der Waals surface area (Å²) in [6, 6.07) is -0.291. The van der Waals surface area contributed by atoms with E-state index in [-0.39, 0.29) is 47.5 Å². The van der Waals surface area contributed by atoms with Crippen LogP contribution in [0.4, 0.5) is 0 Å². The molecule has 0 aromatic carbocycles. The molecule has 2 aliphatic rings. The molecule has 4 atom stereocenters. The van der Waals surface area contributed by atoms with Gasteiger partial charge in [0.15, 0.2) is 0 Å². The van der Waals surface area contributed by atoms with Crippen LogP contribution in [0.5, 0.6) is 0 Å². The van der Waals surface area contributed by atoms with Gasteiger partial charge in [0.2, 0.25) is 22.1 Å². The average molecular weight is 535 g/mol. The number of aliphatic carboxylic acids is 1. The first-order valence-electron chi connectivity index (χ1n) is 8.89. The van der Waals surface area contributed by atoms with E-state index < -0.39 is 18.0 Å². The van der Waals surface area contributed by atoms with Crippen molar-refractivity contribution in [2.75, 3.05) is 5.75 Å². The molecular weight excluding hydrogens is 513 g/mol. The van der Waals surface area contributed by atoms with Crippen LogP contribution in [0.25, 0.3) is 10.4 Å². The number of nitrogens with zero attached hydrogens (tertiary/aromatic N) is 3. The summed E-state index contributed by atoms with van der Waals surface area (Å²) in [5.74, 6) is -1.13. The predicted molar refractivity (Wildman–Crippen MR) is 102 cm³/mol. The van der Waals surface area contributed by atoms with Crippen molar-refractivity contribution in [3.63, 3.8) is 0 Å². The summed E-state index contributed by atoms with van der Waals surface area (Å²) in [6.07, 6.45) is 3.13. The first kappa shape index (κ1) is 21.6. The van der Waals surface area contributed by atoms with Crippen molar-refractivity contribution >= 4 is 45.4 Å². The summed E-state index contributed by atoms with van der Waals surface area (Å²) in [7, 11) is 2.00. The summed E-state index contributed by atoms with van der Waals surface area (Å²) in [5.41, 5.74) is 0.751. The number of carbonyl (C=O) groups excluding carboxylic acids is 1. The molecule has 10 heteroatoms. The Morgan fingerprint density at radius 2 is 2.14 bits per heavy atom. The third kappa shape index (κ3) is 2.91. The molecule has 0 saturated carbocycles. The maximum absolute atomic E-state index is 12.5. The van der Waals surface area contributed by atoms with E-state index in [1.165, 1.54) is 4.90 Å². The lowest BCUT2D eigenvalue weighted by Crippen LogP contribution is -3.00. The van der Waals surface area contributed by atoms with Gasteiger partial charge in [0, 0.05) is 11.5 Å². The molecular formula is C18H22IN3O4S2. The fourth-order valence-electron chi connectivity index (χ4n) is 4.32. The van der Waals surface area contributed by atoms with E-state index in [0.29, 0.717) is 5.57 Å². The van der Waals surface area contributed by atoms with E-state index in [1.54, 1.807) is 30.0 Å². The van der Waals surface area contributed by atoms with Crippen molar-refractivity contribution in [1.82, 2.24) is 9.47 Å². The number of hydrogen-bond donors (Lipinski definition) is 2. The molecule has 7 nitrogen and oxygen atoms in total. The van der Waals surface area contributed by atoms with E-state index in [0.717, 1.165) is 20.5 Å². The Bertz CT molecular complexity index is 997. The third-order valence-corrected chi connectivity index (χ3v) is 7.73. The second kappa shape index (κ2) is 7.62. The molecule has 2 aliphatic heterocycles. The van der Waals surface area contributed by atoms with Crippen LogP contribution in [0.3, 0.4) is 0 Å². The number of β-lactam (4-membered cyclic amide) rings is 1. The normalized spacial score (nSPS) is 25.0. The molecule has 2 N–H and O–H groups in total. The minimum atomic E-state index is -1.09. The van der Waals surface area contributed by atoms with Gasteiger partial charge in [-0.3, -0.25) is 4.79 Å². The molecule has 0 radical (unpaired) electrons. The number of carboxylic acid groups (broad SMARTS) is 1. The molecule has 0 unspecified atom stereocenters. The van der Waals surface area contributed by atoms with Gasteiger partial charge in [-0.25, -0.2) is 9.36 Å². The quantitative estimate of drug-likeness (QED) is 0.213. The van der Waals surface area contributed by atoms with Gasteiger partial charge in [-0.2, -0.15) is 4.40 Å². The Labute approximate surface area is 188 Å². The molecule has 1 amide bonds. The second-order valence-corrected chi connectivity index (χ2v) is 9.38. The smallest absolute Gasteiger partial charge is 0.352 e. The highest BCUT2D eigenvalue weighted by molar-refractivity contribution is 7.99. The number of hydrogen-bond acceptors (Lipinski definition) is 5. The van der Waals surface area contributed by atoms with Crippen LogP contribution in [0.1, 0.15) is 25.6 Å². The molecule has 4 heterocycles. The monoisotopic (exact) mass is 535 g/mol. The molecule has 1 saturated heterocycles. The number of aliphatic hydroxyl groups is 1. The lowest BCUT2D eigenvalue weighted by Gasteiger charge is -2.46. The molecule has 0 spiro atoms. The largest absolute Gasteiger partial charge is 1.00 e. The van der Waals surface area contributed by atoms with Crippen LogP contribution in [0.2, 0.25) is 0 Å². The summed E-state index contributed by atoms with van der Waals surface area (Å²) in [5, 5.41) is 20.9. The fourth-order valence-corrected chi connectivity index (χ4v) is 6.57. The Balaban J connectivity index is 0.00000225. The van der Waals surface area contributed by atoms with Crippen molar-refractivity contribution in [3.05, 3.63) is 23.1 Å². The number of imidazole rings is 1. The molecule has 0 aliphatic carbocycles. The lowest BCUT2D eigenvalue weighted by atomic mass is 9.77. The zero-order chi connectivity index (χ0) is 19.6. The molecule has 1 fully saturated rings. The van der Waals surface area contributed by atoms with E-state index in [1.807, 2.05) is 30.9 Å². The van der Waals surface area contributed by atoms with Gasteiger partial charge in [-0.15, -0.1) is 0 Å². The number of halogens is 1. The van der Waals surface area contributed by atoms with Gasteiger partial charge < -0.3 is 39.1 Å². The van der Waals surface area contributed by atoms with Gasteiger partial charge in [-0.1, -0.05) is 36.9 Å². The minimum Gasteiger partial charge on any atom is -1.00 e. The van der Waals surface area contributed by atoms with Crippen molar-refractivity contribution in [2.24, 2.45) is 18.9 Å². The van der Waals surface area contributed by atoms with Crippen LogP contribution in [-0.4, -0.2) is 49.5 Å². The number of thiazole rings is 1. The number of amides is 1. The fraction of sp³-hybridized carbons (Fsp3) is 0.500. The molecule has 2 aromatic rings. The Hall–Kier alpha value is -1.11. The van der Waals surface area contributed by atoms with Gasteiger partial charge >= 0.3 is 5.97 Å². The number of carboxylic acids is 1. The number of carbonyl (C=O) groups is 2. The van der Waals surface area contributed by atoms with E-state index in [2.05, 4.69) is 11.5 Å². The zero-order valence-electron chi connectivity index (χ0n) is 15.9. The zero-order valence-corrected chi connectivity index (χ0v) is 19.7. The van der Waals surface area contributed by atoms with Gasteiger partial charge in [-0.05, 0) is 12.7 Å². The Morgan fingerprint density at radius 3 is 2.71 bits per heavy atom. The molecule has 2 aromatic heterocycles. The van der Waals surface area contributed by atoms with Crippen LogP contribution < -0.4 is 28.4 Å². The molecule has 28 heavy (non-hydrogen) atoms. The Morgan fingerprint density at radius 1 is 1.46 bits per heavy atom. The predicted octanol–water partition coefficient (Wildman–Crippen LogP) is -1.41. The second-order valence-electron chi connectivity index (χ2n) is 7.09. The molecule has 4 rings (SSSR count). The number of aliphatic hydroxyl groups excluding tert-OH is 1. The standard InChI is InChI=1S/C18H21N3O4S2.HI/c1-5-26-16-17-20(7-19(16)4)6-10(27-17)11-8(2)13-12(9(3)22)15(23)21(13)14(11)18(24)25;/h6-9,12-13,22H,5H2,1-4H3;1H/t8-,9+,12+,13+;/m0./s1. The van der Waals surface area contributed by atoms with Crippen molar-refractivity contribution < 1.29 is 48.2 Å². The maximum atomic E-state index is 12.5. The highest BCUT2D eigenvalue weighted by Crippen LogP contribution is 2.51. The van der Waals surface area contributed by atoms with E-state index >= 15 is 0 Å². The van der Waals surface area contributed by atoms with E-state index in [4.69, 9.17) is 0 Å². The summed E-state index contributed by atoms with van der Waals surface area (Å²) < 4.78 is 4.08. The Kier molecular flexibility index (Phi) is 5.87. The lowest BCUT2D eigenvalue weighted by molar-refractivity contribution is -0.508. The molecule has 152 valence electrons. The molecule has 0 bridgehead atoms. The number of aromatic nitrogens is 2. The first-order chi connectivity index (χ1) is 12.8. The van der Waals surface area contributed by atoms with Crippen LogP contribution in [0.15, 0.2) is 23.2 Å². The summed E-state index contributed by atoms with van der Waals surface area (Å²) in [4.78, 5) is 27.8. The highest BCUT2D eigenvalue weighted by Gasteiger charge is 2.60. The SMILES string of the molecule is CCSc1c2sc(C3=C(C(=O)O)N4C(=O)[C@H]([C@@H](C)O)[C@H]4[C@H]3C)c[n+]2cn1C.[I-]. The average Bonchev–Trinajstić information content (AvgIpc) is 3.17. The maximum Gasteiger partial charge on any atom is 0.352 e. The third-order valence-electron chi connectivity index (χ3n) is 5.42. The van der Waals surface area contributed by atoms with Crippen molar-refractivity contribution in [3.8, 4) is 0 Å². The summed E-state index contributed by atoms with van der Waals surface area (Å²) in [6.45, 7) is 5.63. The van der Waals surface area contributed by atoms with Crippen molar-refractivity contribution in [2.45, 2.75) is 37.9 Å². The number of aryl methyl sites for hydroxylation is 1. The number of fused-ring (bicyclic) bond motifs is 2. The van der Waals surface area contributed by atoms with Gasteiger partial charge in [0.25, 0.3) is 0 Å². The van der Waals surface area contributed by atoms with Crippen LogP contribution in [0, 0.1) is 11.8 Å². The minimum absolute atomic E-state index is 0. The summed E-state index contributed by atoms with van der Waals surface area (Å²) >= 11 is 3.29. The number of thioether (sulfide) groups is 1. The topological polar surface area (TPSA) is 86.9 Å². The first-order valence-corrected chi connectivity index (χ1v) is 10.7. The van der Waals surface area contributed by atoms with Gasteiger partial charge in [0.05, 0.1) is 30.0 Å². The van der Waals surface area contributed by atoms with Crippen molar-refractivity contribution in [1.29, 1.82) is 0 Å². The highest BCUT2D eigenvalue weighted by atomic mass is 127. The van der Waals surface area contributed by atoms with Gasteiger partial charge in [0.1, 0.15) is 11.9 Å². The van der Waals surface area contributed by atoms with Crippen LogP contribution in [-0.2, 0) is 16.6 Å². The van der Waals surface area contributed by atoms with Crippen LogP contribution >= 0.6 is 23.1 Å². The van der Waals surface area contributed by atoms with E-state index in [9.17, 15) is 19.8 Å². The number of rotatable bonds is 5.